The summed E-state index contributed by atoms with van der Waals surface area (Å²) in [4.78, 5) is 12.3. The molecule has 0 aromatic heterocycles. The Balaban J connectivity index is 2.21. The van der Waals surface area contributed by atoms with Crippen LogP contribution in [0.3, 0.4) is 0 Å². The lowest BCUT2D eigenvalue weighted by Gasteiger charge is -2.48. The molecule has 2 aliphatic carbocycles. The van der Waals surface area contributed by atoms with E-state index in [0.717, 1.165) is 19.4 Å². The highest BCUT2D eigenvalue weighted by molar-refractivity contribution is 6.74. The Hall–Kier alpha value is -0.673. The van der Waals surface area contributed by atoms with Gasteiger partial charge in [-0.3, -0.25) is 4.79 Å². The molecule has 24 heavy (non-hydrogen) atoms. The SMILES string of the molecule is C=C(C)[C@H]1CC[C@H](CO[Si](C)(C)C(C)(C)C)[C@]2(C=CC(=O)C2C)C1. The second-order valence-corrected chi connectivity index (χ2v) is 14.5. The highest BCUT2D eigenvalue weighted by atomic mass is 28.4. The van der Waals surface area contributed by atoms with Crippen LogP contribution in [0.5, 0.6) is 0 Å². The van der Waals surface area contributed by atoms with Crippen molar-refractivity contribution < 1.29 is 9.22 Å². The van der Waals surface area contributed by atoms with Gasteiger partial charge in [0.2, 0.25) is 0 Å². The van der Waals surface area contributed by atoms with Gasteiger partial charge in [-0.2, -0.15) is 0 Å². The van der Waals surface area contributed by atoms with Crippen molar-refractivity contribution in [1.29, 1.82) is 0 Å². The molecular formula is C21H36O2Si. The molecular weight excluding hydrogens is 312 g/mol. The van der Waals surface area contributed by atoms with E-state index in [-0.39, 0.29) is 22.2 Å². The van der Waals surface area contributed by atoms with Gasteiger partial charge in [0.05, 0.1) is 0 Å². The Kier molecular flexibility index (Phi) is 5.38. The number of carbonyl (C=O) groups excluding carboxylic acids is 1. The smallest absolute Gasteiger partial charge is 0.191 e. The molecule has 1 saturated carbocycles. The zero-order chi connectivity index (χ0) is 18.3. The van der Waals surface area contributed by atoms with Gasteiger partial charge in [-0.25, -0.2) is 0 Å². The van der Waals surface area contributed by atoms with Crippen molar-refractivity contribution in [2.24, 2.45) is 23.2 Å². The molecule has 2 nitrogen and oxygen atoms in total. The van der Waals surface area contributed by atoms with Crippen molar-refractivity contribution in [2.45, 2.75) is 72.0 Å². The molecule has 0 aromatic rings. The molecule has 1 unspecified atom stereocenters. The molecule has 0 heterocycles. The minimum absolute atomic E-state index is 0.0265. The van der Waals surface area contributed by atoms with Gasteiger partial charge in [-0.15, -0.1) is 0 Å². The summed E-state index contributed by atoms with van der Waals surface area (Å²) >= 11 is 0. The second kappa shape index (κ2) is 6.57. The van der Waals surface area contributed by atoms with Gasteiger partial charge >= 0.3 is 0 Å². The van der Waals surface area contributed by atoms with Crippen LogP contribution < -0.4 is 0 Å². The van der Waals surface area contributed by atoms with E-state index in [1.165, 1.54) is 12.0 Å². The predicted octanol–water partition coefficient (Wildman–Crippen LogP) is 5.76. The summed E-state index contributed by atoms with van der Waals surface area (Å²) in [5.41, 5.74) is 1.24. The van der Waals surface area contributed by atoms with Crippen molar-refractivity contribution in [3.05, 3.63) is 24.3 Å². The van der Waals surface area contributed by atoms with Gasteiger partial charge in [-0.1, -0.05) is 45.9 Å². The fourth-order valence-electron chi connectivity index (χ4n) is 4.08. The Morgan fingerprint density at radius 3 is 2.46 bits per heavy atom. The standard InChI is InChI=1S/C21H36O2Si/c1-15(2)17-9-10-18(14-23-24(7,8)20(4,5)6)21(13-17)12-11-19(22)16(21)3/h11-12,16-18H,1,9-10,13-14H2,2-8H3/t16?,17-,18+,21+/m0/s1. The van der Waals surface area contributed by atoms with Crippen LogP contribution in [0.2, 0.25) is 18.1 Å². The van der Waals surface area contributed by atoms with E-state index in [4.69, 9.17) is 4.43 Å². The Bertz CT molecular complexity index is 541. The first kappa shape index (κ1) is 19.6. The third-order valence-electron chi connectivity index (χ3n) is 7.16. The molecule has 2 aliphatic rings. The molecule has 0 radical (unpaired) electrons. The van der Waals surface area contributed by atoms with Crippen molar-refractivity contribution in [1.82, 2.24) is 0 Å². The summed E-state index contributed by atoms with van der Waals surface area (Å²) in [5, 5.41) is 0.224. The minimum atomic E-state index is -1.76. The maximum Gasteiger partial charge on any atom is 0.191 e. The molecule has 136 valence electrons. The normalized spacial score (nSPS) is 34.1. The Labute approximate surface area is 149 Å². The zero-order valence-corrected chi connectivity index (χ0v) is 17.7. The van der Waals surface area contributed by atoms with Gasteiger partial charge in [0.25, 0.3) is 0 Å². The molecule has 1 fully saturated rings. The maximum atomic E-state index is 12.3. The monoisotopic (exact) mass is 348 g/mol. The first-order valence-corrected chi connectivity index (χ1v) is 12.3. The van der Waals surface area contributed by atoms with Gasteiger partial charge < -0.3 is 4.43 Å². The summed E-state index contributed by atoms with van der Waals surface area (Å²) < 4.78 is 6.57. The average Bonchev–Trinajstić information content (AvgIpc) is 2.74. The quantitative estimate of drug-likeness (QED) is 0.477. The van der Waals surface area contributed by atoms with Crippen LogP contribution >= 0.6 is 0 Å². The number of ketones is 1. The molecule has 0 aromatic carbocycles. The van der Waals surface area contributed by atoms with E-state index in [1.54, 1.807) is 0 Å². The van der Waals surface area contributed by atoms with E-state index in [1.807, 2.05) is 6.08 Å². The van der Waals surface area contributed by atoms with Gasteiger partial charge in [0, 0.05) is 17.9 Å². The van der Waals surface area contributed by atoms with Crippen molar-refractivity contribution in [3.8, 4) is 0 Å². The lowest BCUT2D eigenvalue weighted by Crippen LogP contribution is -2.47. The van der Waals surface area contributed by atoms with Crippen molar-refractivity contribution in [2.75, 3.05) is 6.61 Å². The molecule has 0 bridgehead atoms. The van der Waals surface area contributed by atoms with Gasteiger partial charge in [0.1, 0.15) is 0 Å². The fraction of sp³-hybridized carbons (Fsp3) is 0.762. The maximum absolute atomic E-state index is 12.3. The molecule has 1 spiro atoms. The number of hydrogen-bond acceptors (Lipinski definition) is 2. The van der Waals surface area contributed by atoms with Crippen LogP contribution in [0.25, 0.3) is 0 Å². The molecule has 0 aliphatic heterocycles. The topological polar surface area (TPSA) is 26.3 Å². The Morgan fingerprint density at radius 2 is 2.00 bits per heavy atom. The molecule has 4 atom stereocenters. The van der Waals surface area contributed by atoms with E-state index < -0.39 is 8.32 Å². The lowest BCUT2D eigenvalue weighted by molar-refractivity contribution is -0.121. The summed E-state index contributed by atoms with van der Waals surface area (Å²) in [6, 6.07) is 0. The van der Waals surface area contributed by atoms with E-state index >= 15 is 0 Å². The van der Waals surface area contributed by atoms with Crippen LogP contribution in [0.15, 0.2) is 24.3 Å². The van der Waals surface area contributed by atoms with Crippen LogP contribution in [-0.4, -0.2) is 20.7 Å². The predicted molar refractivity (Wildman–Crippen MR) is 105 cm³/mol. The van der Waals surface area contributed by atoms with Crippen LogP contribution in [0.4, 0.5) is 0 Å². The number of hydrogen-bond donors (Lipinski definition) is 0. The minimum Gasteiger partial charge on any atom is -0.417 e. The highest BCUT2D eigenvalue weighted by Crippen LogP contribution is 2.54. The first-order chi connectivity index (χ1) is 10.9. The van der Waals surface area contributed by atoms with Gasteiger partial charge in [-0.05, 0) is 62.2 Å². The third kappa shape index (κ3) is 3.48. The largest absolute Gasteiger partial charge is 0.417 e. The summed E-state index contributed by atoms with van der Waals surface area (Å²) in [5.74, 6) is 1.34. The summed E-state index contributed by atoms with van der Waals surface area (Å²) in [6.45, 7) is 20.7. The highest BCUT2D eigenvalue weighted by Gasteiger charge is 2.51. The van der Waals surface area contributed by atoms with Crippen LogP contribution in [0.1, 0.15) is 53.9 Å². The summed E-state index contributed by atoms with van der Waals surface area (Å²) in [7, 11) is -1.76. The molecule has 0 N–H and O–H groups in total. The Morgan fingerprint density at radius 1 is 1.38 bits per heavy atom. The summed E-state index contributed by atoms with van der Waals surface area (Å²) in [6.07, 6.45) is 7.41. The number of carbonyl (C=O) groups is 1. The van der Waals surface area contributed by atoms with Crippen LogP contribution in [-0.2, 0) is 9.22 Å². The van der Waals surface area contributed by atoms with Crippen molar-refractivity contribution >= 4 is 14.1 Å². The fourth-order valence-corrected chi connectivity index (χ4v) is 5.13. The first-order valence-electron chi connectivity index (χ1n) is 9.43. The number of allylic oxidation sites excluding steroid dienone is 3. The molecule has 2 rings (SSSR count). The van der Waals surface area contributed by atoms with Crippen molar-refractivity contribution in [3.63, 3.8) is 0 Å². The van der Waals surface area contributed by atoms with E-state index in [2.05, 4.69) is 60.4 Å². The third-order valence-corrected chi connectivity index (χ3v) is 11.7. The lowest BCUT2D eigenvalue weighted by atomic mass is 9.58. The van der Waals surface area contributed by atoms with Gasteiger partial charge in [0.15, 0.2) is 14.1 Å². The zero-order valence-electron chi connectivity index (χ0n) is 16.7. The van der Waals surface area contributed by atoms with E-state index in [9.17, 15) is 4.79 Å². The molecule has 0 saturated heterocycles. The van der Waals surface area contributed by atoms with E-state index in [0.29, 0.717) is 11.8 Å². The molecule has 0 amide bonds. The molecule has 3 heteroatoms. The average molecular weight is 349 g/mol. The van der Waals surface area contributed by atoms with Crippen LogP contribution in [0, 0.1) is 23.2 Å². The number of rotatable bonds is 4. The second-order valence-electron chi connectivity index (χ2n) is 9.66.